The Morgan fingerprint density at radius 2 is 2.20 bits per heavy atom. The molecule has 0 atom stereocenters. The molecule has 0 aliphatic rings. The Kier molecular flexibility index (Phi) is 2.47. The third kappa shape index (κ3) is 1.61. The molecular weight excluding hydrogens is 196 g/mol. The van der Waals surface area contributed by atoms with Crippen LogP contribution in [0, 0.1) is 0 Å². The molecule has 2 rings (SSSR count). The van der Waals surface area contributed by atoms with Gasteiger partial charge in [0.15, 0.2) is 0 Å². The average molecular weight is 208 g/mol. The lowest BCUT2D eigenvalue weighted by atomic mass is 10.1. The molecule has 0 saturated carbocycles. The molecule has 0 amide bonds. The van der Waals surface area contributed by atoms with E-state index in [4.69, 9.17) is 19.7 Å². The molecule has 2 N–H and O–H groups in total. The molecule has 0 aliphatic heterocycles. The highest BCUT2D eigenvalue weighted by Gasteiger charge is 2.12. The second-order valence-electron chi connectivity index (χ2n) is 3.17. The van der Waals surface area contributed by atoms with E-state index < -0.39 is 0 Å². The number of anilines is 1. The molecule has 1 heterocycles. The molecule has 15 heavy (non-hydrogen) atoms. The highest BCUT2D eigenvalue weighted by molar-refractivity contribution is 5.93. The van der Waals surface area contributed by atoms with E-state index >= 15 is 0 Å². The van der Waals surface area contributed by atoms with Crippen molar-refractivity contribution in [1.29, 1.82) is 0 Å². The van der Waals surface area contributed by atoms with Crippen LogP contribution >= 0.6 is 0 Å². The van der Waals surface area contributed by atoms with Gasteiger partial charge in [-0.05, 0) is 17.7 Å². The number of methoxy groups -OCH3 is 2. The zero-order chi connectivity index (χ0) is 10.8. The maximum atomic E-state index is 5.64. The minimum atomic E-state index is 0.269. The van der Waals surface area contributed by atoms with Gasteiger partial charge in [0.05, 0.1) is 13.7 Å². The van der Waals surface area contributed by atoms with Crippen LogP contribution in [-0.4, -0.2) is 19.4 Å². The molecule has 0 saturated heterocycles. The predicted octanol–water partition coefficient (Wildman–Crippen LogP) is 1.56. The summed E-state index contributed by atoms with van der Waals surface area (Å²) >= 11 is 0. The fourth-order valence-corrected chi connectivity index (χ4v) is 1.53. The summed E-state index contributed by atoms with van der Waals surface area (Å²) in [5.41, 5.74) is 7.28. The molecule has 1 aromatic carbocycles. The predicted molar refractivity (Wildman–Crippen MR) is 55.7 cm³/mol. The summed E-state index contributed by atoms with van der Waals surface area (Å²) in [6.45, 7) is 0.499. The van der Waals surface area contributed by atoms with Crippen LogP contribution in [0.25, 0.3) is 10.9 Å². The van der Waals surface area contributed by atoms with E-state index in [0.717, 1.165) is 5.56 Å². The van der Waals surface area contributed by atoms with Crippen molar-refractivity contribution in [2.24, 2.45) is 0 Å². The molecule has 0 unspecified atom stereocenters. The number of benzene rings is 1. The number of nitrogen functional groups attached to an aromatic ring is 1. The summed E-state index contributed by atoms with van der Waals surface area (Å²) in [5, 5.41) is 4.54. The van der Waals surface area contributed by atoms with Crippen molar-refractivity contribution in [1.82, 2.24) is 5.16 Å². The number of rotatable bonds is 3. The summed E-state index contributed by atoms with van der Waals surface area (Å²) in [5.74, 6) is 0.920. The number of hydrogen-bond acceptors (Lipinski definition) is 5. The minimum absolute atomic E-state index is 0.269. The Hall–Kier alpha value is -1.75. The minimum Gasteiger partial charge on any atom is -0.496 e. The van der Waals surface area contributed by atoms with E-state index in [1.165, 1.54) is 0 Å². The van der Waals surface area contributed by atoms with Crippen molar-refractivity contribution in [2.75, 3.05) is 20.0 Å². The van der Waals surface area contributed by atoms with Crippen molar-refractivity contribution in [2.45, 2.75) is 6.61 Å². The number of hydrogen-bond donors (Lipinski definition) is 1. The Labute approximate surface area is 86.7 Å². The first-order chi connectivity index (χ1) is 7.26. The fraction of sp³-hybridized carbons (Fsp3) is 0.300. The van der Waals surface area contributed by atoms with Gasteiger partial charge in [-0.3, -0.25) is 0 Å². The fourth-order valence-electron chi connectivity index (χ4n) is 1.53. The first kappa shape index (κ1) is 9.79. The Balaban J connectivity index is 2.62. The lowest BCUT2D eigenvalue weighted by Crippen LogP contribution is -1.92. The molecule has 2 aromatic rings. The van der Waals surface area contributed by atoms with Crippen molar-refractivity contribution in [3.8, 4) is 5.75 Å². The van der Waals surface area contributed by atoms with Crippen LogP contribution in [0.4, 0.5) is 5.88 Å². The summed E-state index contributed by atoms with van der Waals surface area (Å²) in [6, 6.07) is 3.72. The van der Waals surface area contributed by atoms with Crippen LogP contribution in [0.3, 0.4) is 0 Å². The number of ether oxygens (including phenoxy) is 2. The normalized spacial score (nSPS) is 10.8. The summed E-state index contributed by atoms with van der Waals surface area (Å²) in [4.78, 5) is 0. The quantitative estimate of drug-likeness (QED) is 0.828. The van der Waals surface area contributed by atoms with E-state index in [9.17, 15) is 0 Å². The van der Waals surface area contributed by atoms with Crippen molar-refractivity contribution >= 4 is 16.8 Å². The standard InChI is InChI=1S/C10H12N2O3/c1-13-5-6-3-7-9(8(4-6)14-2)10(11)15-12-7/h3-4H,5,11H2,1-2H3. The molecule has 0 fully saturated rings. The maximum Gasteiger partial charge on any atom is 0.233 e. The van der Waals surface area contributed by atoms with Gasteiger partial charge in [0.2, 0.25) is 5.88 Å². The third-order valence-corrected chi connectivity index (χ3v) is 2.16. The Morgan fingerprint density at radius 1 is 1.40 bits per heavy atom. The second kappa shape index (κ2) is 3.78. The largest absolute Gasteiger partial charge is 0.496 e. The van der Waals surface area contributed by atoms with Gasteiger partial charge in [0.1, 0.15) is 16.7 Å². The third-order valence-electron chi connectivity index (χ3n) is 2.16. The van der Waals surface area contributed by atoms with Crippen LogP contribution in [-0.2, 0) is 11.3 Å². The van der Waals surface area contributed by atoms with Crippen LogP contribution in [0.2, 0.25) is 0 Å². The second-order valence-corrected chi connectivity index (χ2v) is 3.17. The highest BCUT2D eigenvalue weighted by atomic mass is 16.5. The van der Waals surface area contributed by atoms with Crippen molar-refractivity contribution < 1.29 is 14.0 Å². The zero-order valence-electron chi connectivity index (χ0n) is 8.61. The highest BCUT2D eigenvalue weighted by Crippen LogP contribution is 2.31. The lowest BCUT2D eigenvalue weighted by Gasteiger charge is -2.04. The topological polar surface area (TPSA) is 70.5 Å². The molecule has 1 aromatic heterocycles. The van der Waals surface area contributed by atoms with E-state index in [-0.39, 0.29) is 5.88 Å². The van der Waals surface area contributed by atoms with Crippen LogP contribution in [0.5, 0.6) is 5.75 Å². The van der Waals surface area contributed by atoms with Gasteiger partial charge in [-0.1, -0.05) is 5.16 Å². The SMILES string of the molecule is COCc1cc(OC)c2c(N)onc2c1. The molecule has 5 nitrogen and oxygen atoms in total. The first-order valence-electron chi connectivity index (χ1n) is 4.47. The monoisotopic (exact) mass is 208 g/mol. The number of aromatic nitrogens is 1. The van der Waals surface area contributed by atoms with Crippen molar-refractivity contribution in [3.05, 3.63) is 17.7 Å². The summed E-state index contributed by atoms with van der Waals surface area (Å²) in [7, 11) is 3.21. The number of nitrogens with zero attached hydrogens (tertiary/aromatic N) is 1. The van der Waals surface area contributed by atoms with E-state index in [1.54, 1.807) is 14.2 Å². The summed E-state index contributed by atoms with van der Waals surface area (Å²) < 4.78 is 15.2. The van der Waals surface area contributed by atoms with Crippen LogP contribution < -0.4 is 10.5 Å². The molecule has 0 radical (unpaired) electrons. The van der Waals surface area contributed by atoms with Gasteiger partial charge in [0, 0.05) is 7.11 Å². The zero-order valence-corrected chi connectivity index (χ0v) is 8.61. The molecule has 80 valence electrons. The molecule has 0 aliphatic carbocycles. The number of fused-ring (bicyclic) bond motifs is 1. The van der Waals surface area contributed by atoms with Crippen LogP contribution in [0.1, 0.15) is 5.56 Å². The lowest BCUT2D eigenvalue weighted by molar-refractivity contribution is 0.184. The van der Waals surface area contributed by atoms with E-state index in [0.29, 0.717) is 23.3 Å². The van der Waals surface area contributed by atoms with E-state index in [2.05, 4.69) is 5.16 Å². The van der Waals surface area contributed by atoms with E-state index in [1.807, 2.05) is 12.1 Å². The Bertz CT molecular complexity index is 479. The maximum absolute atomic E-state index is 5.64. The molecule has 0 bridgehead atoms. The van der Waals surface area contributed by atoms with Gasteiger partial charge in [-0.2, -0.15) is 0 Å². The first-order valence-corrected chi connectivity index (χ1v) is 4.47. The van der Waals surface area contributed by atoms with Gasteiger partial charge < -0.3 is 19.7 Å². The van der Waals surface area contributed by atoms with Gasteiger partial charge in [-0.25, -0.2) is 0 Å². The summed E-state index contributed by atoms with van der Waals surface area (Å²) in [6.07, 6.45) is 0. The molecule has 0 spiro atoms. The number of nitrogens with two attached hydrogens (primary N) is 1. The Morgan fingerprint density at radius 3 is 2.87 bits per heavy atom. The molecule has 5 heteroatoms. The van der Waals surface area contributed by atoms with Crippen molar-refractivity contribution in [3.63, 3.8) is 0 Å². The molecular formula is C10H12N2O3. The van der Waals surface area contributed by atoms with Gasteiger partial charge in [-0.15, -0.1) is 0 Å². The smallest absolute Gasteiger partial charge is 0.233 e. The van der Waals surface area contributed by atoms with Gasteiger partial charge >= 0.3 is 0 Å². The van der Waals surface area contributed by atoms with Crippen LogP contribution in [0.15, 0.2) is 16.7 Å². The van der Waals surface area contributed by atoms with Gasteiger partial charge in [0.25, 0.3) is 0 Å². The average Bonchev–Trinajstić information content (AvgIpc) is 2.60.